The zero-order chi connectivity index (χ0) is 21.0. The Balaban J connectivity index is 4.84. The quantitative estimate of drug-likeness (QED) is 0.273. The molecule has 0 saturated heterocycles. The number of hydrogen-bond acceptors (Lipinski definition) is 7. The summed E-state index contributed by atoms with van der Waals surface area (Å²) in [6, 6.07) is -2.36. The zero-order valence-electron chi connectivity index (χ0n) is 15.3. The second kappa shape index (κ2) is 12.9. The molecule has 3 amide bonds. The molecule has 0 radical (unpaired) electrons. The third kappa shape index (κ3) is 10.4. The first kappa shape index (κ1) is 24.7. The fourth-order valence-corrected chi connectivity index (χ4v) is 2.86. The van der Waals surface area contributed by atoms with Gasteiger partial charge in [-0.1, -0.05) is 11.8 Å². The summed E-state index contributed by atoms with van der Waals surface area (Å²) < 4.78 is 0. The first-order chi connectivity index (χ1) is 12.6. The van der Waals surface area contributed by atoms with E-state index in [1.165, 1.54) is 4.90 Å². The highest BCUT2D eigenvalue weighted by Crippen LogP contribution is 2.11. The van der Waals surface area contributed by atoms with Gasteiger partial charge in [-0.2, -0.15) is 0 Å². The molecule has 0 saturated carbocycles. The number of carboxylic acid groups (broad SMARTS) is 2. The lowest BCUT2D eigenvalue weighted by Gasteiger charge is -2.21. The lowest BCUT2D eigenvalue weighted by atomic mass is 10.1. The lowest BCUT2D eigenvalue weighted by molar-refractivity contribution is -0.139. The van der Waals surface area contributed by atoms with Gasteiger partial charge in [0.15, 0.2) is 0 Å². The number of carboxylic acids is 2. The Morgan fingerprint density at radius 2 is 1.70 bits per heavy atom. The lowest BCUT2D eigenvalue weighted by Crippen LogP contribution is -2.50. The van der Waals surface area contributed by atoms with Crippen LogP contribution in [0.2, 0.25) is 0 Å². The van der Waals surface area contributed by atoms with Crippen LogP contribution in [0, 0.1) is 0 Å². The molecule has 0 bridgehead atoms. The molecule has 154 valence electrons. The van der Waals surface area contributed by atoms with Gasteiger partial charge in [0.25, 0.3) is 5.24 Å². The average Bonchev–Trinajstić information content (AvgIpc) is 2.61. The summed E-state index contributed by atoms with van der Waals surface area (Å²) in [5, 5.41) is 21.6. The summed E-state index contributed by atoms with van der Waals surface area (Å²) in [5.74, 6) is -3.99. The monoisotopic (exact) mass is 406 g/mol. The van der Waals surface area contributed by atoms with Gasteiger partial charge in [-0.05, 0) is 20.3 Å². The minimum Gasteiger partial charge on any atom is -0.480 e. The molecule has 0 aromatic heterocycles. The van der Waals surface area contributed by atoms with Crippen LogP contribution in [0.4, 0.5) is 4.79 Å². The van der Waals surface area contributed by atoms with Crippen molar-refractivity contribution < 1.29 is 34.2 Å². The van der Waals surface area contributed by atoms with Crippen LogP contribution >= 0.6 is 11.8 Å². The summed E-state index contributed by atoms with van der Waals surface area (Å²) in [6.07, 6.45) is -0.360. The first-order valence-electron chi connectivity index (χ1n) is 8.31. The molecule has 0 fully saturated rings. The van der Waals surface area contributed by atoms with Gasteiger partial charge in [-0.15, -0.1) is 0 Å². The summed E-state index contributed by atoms with van der Waals surface area (Å²) in [5.41, 5.74) is 5.32. The van der Waals surface area contributed by atoms with Gasteiger partial charge in [0.1, 0.15) is 18.6 Å². The van der Waals surface area contributed by atoms with Crippen LogP contribution in [0.5, 0.6) is 0 Å². The van der Waals surface area contributed by atoms with Crippen molar-refractivity contribution >= 4 is 40.8 Å². The molecule has 0 aliphatic carbocycles. The maximum absolute atomic E-state index is 12.1. The summed E-state index contributed by atoms with van der Waals surface area (Å²) in [4.78, 5) is 58.9. The largest absolute Gasteiger partial charge is 0.480 e. The molecule has 0 aliphatic rings. The molecule has 2 unspecified atom stereocenters. The molecule has 0 aliphatic heterocycles. The molecular weight excluding hydrogens is 380 g/mol. The SMILES string of the molecule is CCN(CC)C(=O)SCC(NC(=O)CCC(N)C(=O)O)C(=O)NCC(=O)O. The van der Waals surface area contributed by atoms with Crippen molar-refractivity contribution in [1.29, 1.82) is 0 Å². The number of rotatable bonds is 12. The van der Waals surface area contributed by atoms with Crippen LogP contribution < -0.4 is 16.4 Å². The molecule has 0 rings (SSSR count). The average molecular weight is 406 g/mol. The molecule has 2 atom stereocenters. The van der Waals surface area contributed by atoms with Crippen molar-refractivity contribution in [3.63, 3.8) is 0 Å². The van der Waals surface area contributed by atoms with Crippen molar-refractivity contribution in [3.05, 3.63) is 0 Å². The molecule has 11 nitrogen and oxygen atoms in total. The first-order valence-corrected chi connectivity index (χ1v) is 9.29. The number of carbonyl (C=O) groups excluding carboxylic acids is 3. The van der Waals surface area contributed by atoms with E-state index in [4.69, 9.17) is 15.9 Å². The van der Waals surface area contributed by atoms with E-state index in [0.717, 1.165) is 11.8 Å². The highest BCUT2D eigenvalue weighted by atomic mass is 32.2. The van der Waals surface area contributed by atoms with E-state index in [9.17, 15) is 24.0 Å². The Bertz CT molecular complexity index is 554. The van der Waals surface area contributed by atoms with E-state index in [0.29, 0.717) is 13.1 Å². The standard InChI is InChI=1S/C15H26N4O7S/c1-3-19(4-2)15(26)27-8-10(13(23)17-7-12(21)22)18-11(20)6-5-9(16)14(24)25/h9-10H,3-8,16H2,1-2H3,(H,17,23)(H,18,20)(H,21,22)(H,24,25). The number of carbonyl (C=O) groups is 5. The van der Waals surface area contributed by atoms with Gasteiger partial charge >= 0.3 is 11.9 Å². The minimum absolute atomic E-state index is 0.0997. The summed E-state index contributed by atoms with van der Waals surface area (Å²) in [7, 11) is 0. The number of nitrogens with one attached hydrogen (secondary N) is 2. The number of nitrogens with two attached hydrogens (primary N) is 1. The number of amides is 3. The maximum Gasteiger partial charge on any atom is 0.322 e. The smallest absolute Gasteiger partial charge is 0.322 e. The molecule has 12 heteroatoms. The number of thioether (sulfide) groups is 1. The fourth-order valence-electron chi connectivity index (χ4n) is 1.87. The Kier molecular flexibility index (Phi) is 11.8. The van der Waals surface area contributed by atoms with Crippen molar-refractivity contribution in [2.45, 2.75) is 38.8 Å². The maximum atomic E-state index is 12.1. The molecule has 0 spiro atoms. The fraction of sp³-hybridized carbons (Fsp3) is 0.667. The van der Waals surface area contributed by atoms with Gasteiger partial charge in [-0.25, -0.2) is 0 Å². The van der Waals surface area contributed by atoms with E-state index < -0.39 is 42.4 Å². The van der Waals surface area contributed by atoms with E-state index in [1.807, 2.05) is 0 Å². The molecule has 0 aromatic rings. The van der Waals surface area contributed by atoms with Crippen LogP contribution in [0.1, 0.15) is 26.7 Å². The van der Waals surface area contributed by atoms with Crippen LogP contribution in [0.3, 0.4) is 0 Å². The van der Waals surface area contributed by atoms with E-state index >= 15 is 0 Å². The summed E-state index contributed by atoms with van der Waals surface area (Å²) in [6.45, 7) is 3.93. The molecule has 27 heavy (non-hydrogen) atoms. The summed E-state index contributed by atoms with van der Waals surface area (Å²) >= 11 is 0.821. The van der Waals surface area contributed by atoms with E-state index in [-0.39, 0.29) is 23.8 Å². The Morgan fingerprint density at radius 1 is 1.11 bits per heavy atom. The molecular formula is C15H26N4O7S. The number of nitrogens with zero attached hydrogens (tertiary/aromatic N) is 1. The van der Waals surface area contributed by atoms with Crippen LogP contribution in [-0.4, -0.2) is 81.6 Å². The van der Waals surface area contributed by atoms with Gasteiger partial charge in [-0.3, -0.25) is 24.0 Å². The third-order valence-corrected chi connectivity index (χ3v) is 4.47. The van der Waals surface area contributed by atoms with Gasteiger partial charge in [0, 0.05) is 25.3 Å². The number of hydrogen-bond donors (Lipinski definition) is 5. The van der Waals surface area contributed by atoms with Gasteiger partial charge < -0.3 is 31.5 Å². The number of aliphatic carboxylic acids is 2. The molecule has 0 heterocycles. The van der Waals surface area contributed by atoms with Gasteiger partial charge in [0.05, 0.1) is 0 Å². The van der Waals surface area contributed by atoms with Gasteiger partial charge in [0.2, 0.25) is 11.8 Å². The van der Waals surface area contributed by atoms with E-state index in [1.54, 1.807) is 13.8 Å². The highest BCUT2D eigenvalue weighted by Gasteiger charge is 2.24. The second-order valence-corrected chi connectivity index (χ2v) is 6.44. The van der Waals surface area contributed by atoms with Crippen molar-refractivity contribution in [1.82, 2.24) is 15.5 Å². The second-order valence-electron chi connectivity index (χ2n) is 5.46. The van der Waals surface area contributed by atoms with Crippen LogP contribution in [0.25, 0.3) is 0 Å². The predicted octanol–water partition coefficient (Wildman–Crippen LogP) is -0.941. The highest BCUT2D eigenvalue weighted by molar-refractivity contribution is 8.13. The van der Waals surface area contributed by atoms with Crippen LogP contribution in [-0.2, 0) is 19.2 Å². The van der Waals surface area contributed by atoms with Crippen molar-refractivity contribution in [2.24, 2.45) is 5.73 Å². The van der Waals surface area contributed by atoms with Crippen molar-refractivity contribution in [3.8, 4) is 0 Å². The Hall–Kier alpha value is -2.34. The predicted molar refractivity (Wildman–Crippen MR) is 98.2 cm³/mol. The molecule has 0 aromatic carbocycles. The van der Waals surface area contributed by atoms with E-state index in [2.05, 4.69) is 10.6 Å². The van der Waals surface area contributed by atoms with Crippen LogP contribution in [0.15, 0.2) is 0 Å². The Morgan fingerprint density at radius 3 is 2.19 bits per heavy atom. The Labute approximate surface area is 161 Å². The topological polar surface area (TPSA) is 179 Å². The minimum atomic E-state index is -1.26. The zero-order valence-corrected chi connectivity index (χ0v) is 16.1. The molecule has 6 N–H and O–H groups in total. The third-order valence-electron chi connectivity index (χ3n) is 3.46. The normalized spacial score (nSPS) is 12.6. The van der Waals surface area contributed by atoms with Crippen molar-refractivity contribution in [2.75, 3.05) is 25.4 Å².